The van der Waals surface area contributed by atoms with Crippen LogP contribution in [0, 0.1) is 5.92 Å². The number of carbonyl (C=O) groups is 1. The summed E-state index contributed by atoms with van der Waals surface area (Å²) in [5, 5.41) is 0. The van der Waals surface area contributed by atoms with Crippen molar-refractivity contribution < 1.29 is 9.53 Å². The van der Waals surface area contributed by atoms with Gasteiger partial charge in [0.2, 0.25) is 5.91 Å². The van der Waals surface area contributed by atoms with Crippen LogP contribution in [0.5, 0.6) is 5.75 Å². The smallest absolute Gasteiger partial charge is 0.220 e. The molecule has 1 aliphatic heterocycles. The number of amides is 1. The van der Waals surface area contributed by atoms with Gasteiger partial charge in [-0.3, -0.25) is 9.78 Å². The van der Waals surface area contributed by atoms with Crippen LogP contribution in [0.25, 0.3) is 11.3 Å². The number of carbonyl (C=O) groups excluding carboxylic acids is 1. The summed E-state index contributed by atoms with van der Waals surface area (Å²) in [7, 11) is 0. The van der Waals surface area contributed by atoms with Crippen LogP contribution < -0.4 is 10.5 Å². The summed E-state index contributed by atoms with van der Waals surface area (Å²) in [4.78, 5) is 15.9. The number of nitrogens with two attached hydrogens (primary N) is 1. The van der Waals surface area contributed by atoms with Crippen LogP contribution in [-0.4, -0.2) is 17.0 Å². The quantitative estimate of drug-likeness (QED) is 0.919. The number of rotatable bonds is 2. The van der Waals surface area contributed by atoms with Gasteiger partial charge >= 0.3 is 0 Å². The van der Waals surface area contributed by atoms with Crippen molar-refractivity contribution >= 4 is 5.91 Å². The Morgan fingerprint density at radius 2 is 2.00 bits per heavy atom. The van der Waals surface area contributed by atoms with Gasteiger partial charge in [0.1, 0.15) is 17.5 Å². The lowest BCUT2D eigenvalue weighted by atomic mass is 9.95. The largest absolute Gasteiger partial charge is 0.487 e. The zero-order valence-electron chi connectivity index (χ0n) is 11.5. The summed E-state index contributed by atoms with van der Waals surface area (Å²) >= 11 is 0. The lowest BCUT2D eigenvalue weighted by Crippen LogP contribution is -2.22. The summed E-state index contributed by atoms with van der Waals surface area (Å²) in [5.41, 5.74) is 8.54. The van der Waals surface area contributed by atoms with Crippen molar-refractivity contribution in [3.05, 3.63) is 48.2 Å². The molecule has 1 amide bonds. The topological polar surface area (TPSA) is 65.2 Å². The maximum absolute atomic E-state index is 11.4. The third-order valence-corrected chi connectivity index (χ3v) is 4.56. The Bertz CT molecular complexity index is 699. The van der Waals surface area contributed by atoms with E-state index in [-0.39, 0.29) is 23.8 Å². The molecule has 0 radical (unpaired) electrons. The van der Waals surface area contributed by atoms with Gasteiger partial charge in [-0.2, -0.15) is 0 Å². The van der Waals surface area contributed by atoms with Crippen LogP contribution in [0.2, 0.25) is 0 Å². The number of fused-ring (bicyclic) bond motifs is 3. The van der Waals surface area contributed by atoms with Crippen molar-refractivity contribution in [2.45, 2.75) is 24.9 Å². The Morgan fingerprint density at radius 1 is 1.19 bits per heavy atom. The zero-order valence-corrected chi connectivity index (χ0v) is 11.5. The number of benzene rings is 1. The molecule has 3 unspecified atom stereocenters. The summed E-state index contributed by atoms with van der Waals surface area (Å²) < 4.78 is 6.13. The van der Waals surface area contributed by atoms with Crippen LogP contribution in [0.4, 0.5) is 0 Å². The first kappa shape index (κ1) is 12.4. The molecular formula is C17H16N2O2. The van der Waals surface area contributed by atoms with E-state index >= 15 is 0 Å². The molecule has 1 aromatic carbocycles. The second-order valence-electron chi connectivity index (χ2n) is 5.78. The van der Waals surface area contributed by atoms with E-state index in [1.54, 1.807) is 0 Å². The van der Waals surface area contributed by atoms with Crippen molar-refractivity contribution in [3.63, 3.8) is 0 Å². The van der Waals surface area contributed by atoms with Crippen LogP contribution in [0.3, 0.4) is 0 Å². The van der Waals surface area contributed by atoms with Crippen LogP contribution in [-0.2, 0) is 4.79 Å². The fourth-order valence-electron chi connectivity index (χ4n) is 3.52. The predicted molar refractivity (Wildman–Crippen MR) is 78.7 cm³/mol. The molecule has 0 saturated heterocycles. The van der Waals surface area contributed by atoms with Gasteiger partial charge in [-0.25, -0.2) is 0 Å². The molecule has 1 fully saturated rings. The summed E-state index contributed by atoms with van der Waals surface area (Å²) in [6.07, 6.45) is 3.38. The second-order valence-corrected chi connectivity index (χ2v) is 5.78. The van der Waals surface area contributed by atoms with Gasteiger partial charge in [-0.05, 0) is 18.9 Å². The van der Waals surface area contributed by atoms with Crippen molar-refractivity contribution in [3.8, 4) is 17.0 Å². The maximum atomic E-state index is 11.4. The lowest BCUT2D eigenvalue weighted by molar-refractivity contribution is -0.121. The number of primary amides is 1. The molecule has 4 rings (SSSR count). The standard InChI is InChI=1S/C17H16N2O2/c18-17(20)11-8-13-12-6-7-19-15(10-4-2-1-3-5-10)16(12)21-14(13)9-11/h1-7,11,13-14H,8-9H2,(H2,18,20). The summed E-state index contributed by atoms with van der Waals surface area (Å²) in [5.74, 6) is 0.859. The Morgan fingerprint density at radius 3 is 2.76 bits per heavy atom. The average Bonchev–Trinajstić information content (AvgIpc) is 3.05. The van der Waals surface area contributed by atoms with E-state index in [4.69, 9.17) is 10.5 Å². The highest BCUT2D eigenvalue weighted by atomic mass is 16.5. The van der Waals surface area contributed by atoms with Gasteiger partial charge in [-0.15, -0.1) is 0 Å². The van der Waals surface area contributed by atoms with Crippen LogP contribution in [0.1, 0.15) is 24.3 Å². The highest BCUT2D eigenvalue weighted by molar-refractivity contribution is 5.78. The molecule has 2 aliphatic rings. The Labute approximate surface area is 123 Å². The minimum atomic E-state index is -0.216. The minimum absolute atomic E-state index is 0.0594. The van der Waals surface area contributed by atoms with Gasteiger partial charge < -0.3 is 10.5 Å². The summed E-state index contributed by atoms with van der Waals surface area (Å²) in [6, 6.07) is 12.1. The number of ether oxygens (including phenoxy) is 1. The van der Waals surface area contributed by atoms with E-state index in [9.17, 15) is 4.79 Å². The first-order chi connectivity index (χ1) is 10.2. The normalized spacial score (nSPS) is 26.0. The molecule has 1 aliphatic carbocycles. The molecule has 0 spiro atoms. The molecule has 4 nitrogen and oxygen atoms in total. The van der Waals surface area contributed by atoms with Crippen LogP contribution >= 0.6 is 0 Å². The van der Waals surface area contributed by atoms with Crippen molar-refractivity contribution in [2.75, 3.05) is 0 Å². The SMILES string of the molecule is NC(=O)C1CC2Oc3c(ccnc3-c3ccccc3)C2C1. The van der Waals surface area contributed by atoms with Crippen molar-refractivity contribution in [1.29, 1.82) is 0 Å². The number of hydrogen-bond donors (Lipinski definition) is 1. The Kier molecular flexibility index (Phi) is 2.70. The van der Waals surface area contributed by atoms with Crippen LogP contribution in [0.15, 0.2) is 42.6 Å². The van der Waals surface area contributed by atoms with E-state index in [1.165, 1.54) is 0 Å². The van der Waals surface area contributed by atoms with E-state index in [2.05, 4.69) is 4.98 Å². The molecule has 2 aromatic rings. The zero-order chi connectivity index (χ0) is 14.4. The fourth-order valence-corrected chi connectivity index (χ4v) is 3.52. The number of aromatic nitrogens is 1. The van der Waals surface area contributed by atoms with Gasteiger partial charge in [0, 0.05) is 29.2 Å². The molecular weight excluding hydrogens is 264 g/mol. The fraction of sp³-hybridized carbons (Fsp3) is 0.294. The third kappa shape index (κ3) is 1.90. The molecule has 1 aromatic heterocycles. The minimum Gasteiger partial charge on any atom is -0.487 e. The van der Waals surface area contributed by atoms with Gasteiger partial charge in [0.25, 0.3) is 0 Å². The molecule has 2 N–H and O–H groups in total. The monoisotopic (exact) mass is 280 g/mol. The third-order valence-electron chi connectivity index (χ3n) is 4.56. The average molecular weight is 280 g/mol. The first-order valence-electron chi connectivity index (χ1n) is 7.24. The van der Waals surface area contributed by atoms with Gasteiger partial charge in [0.05, 0.1) is 0 Å². The van der Waals surface area contributed by atoms with Gasteiger partial charge in [-0.1, -0.05) is 30.3 Å². The Balaban J connectivity index is 1.74. The second kappa shape index (κ2) is 4.58. The number of nitrogens with zero attached hydrogens (tertiary/aromatic N) is 1. The van der Waals surface area contributed by atoms with Gasteiger partial charge in [0.15, 0.2) is 0 Å². The molecule has 1 saturated carbocycles. The van der Waals surface area contributed by atoms with Crippen molar-refractivity contribution in [2.24, 2.45) is 11.7 Å². The molecule has 2 heterocycles. The highest BCUT2D eigenvalue weighted by Crippen LogP contribution is 2.51. The first-order valence-corrected chi connectivity index (χ1v) is 7.24. The molecule has 106 valence electrons. The number of hydrogen-bond acceptors (Lipinski definition) is 3. The predicted octanol–water partition coefficient (Wildman–Crippen LogP) is 2.49. The molecule has 0 bridgehead atoms. The molecule has 3 atom stereocenters. The Hall–Kier alpha value is -2.36. The molecule has 4 heteroatoms. The van der Waals surface area contributed by atoms with E-state index in [0.29, 0.717) is 6.42 Å². The lowest BCUT2D eigenvalue weighted by Gasteiger charge is -2.11. The van der Waals surface area contributed by atoms with Crippen molar-refractivity contribution in [1.82, 2.24) is 4.98 Å². The molecule has 21 heavy (non-hydrogen) atoms. The van der Waals surface area contributed by atoms with E-state index in [1.807, 2.05) is 42.6 Å². The number of pyridine rings is 1. The highest BCUT2D eigenvalue weighted by Gasteiger charge is 2.45. The van der Waals surface area contributed by atoms with E-state index in [0.717, 1.165) is 29.0 Å². The summed E-state index contributed by atoms with van der Waals surface area (Å²) in [6.45, 7) is 0. The van der Waals surface area contributed by atoms with E-state index < -0.39 is 0 Å². The maximum Gasteiger partial charge on any atom is 0.220 e.